The summed E-state index contributed by atoms with van der Waals surface area (Å²) in [5.41, 5.74) is 5.40. The van der Waals surface area contributed by atoms with Gasteiger partial charge in [0.2, 0.25) is 0 Å². The lowest BCUT2D eigenvalue weighted by Crippen LogP contribution is -2.29. The first-order valence-electron chi connectivity index (χ1n) is 37.7. The van der Waals surface area contributed by atoms with Gasteiger partial charge in [0.1, 0.15) is 6.61 Å². The Morgan fingerprint density at radius 2 is 0.618 bits per heavy atom. The number of phosphoric ester groups is 1. The Labute approximate surface area is 550 Å². The molecule has 0 radical (unpaired) electrons. The summed E-state index contributed by atoms with van der Waals surface area (Å²) in [5, 5.41) is 0. The van der Waals surface area contributed by atoms with E-state index in [-0.39, 0.29) is 38.6 Å². The Morgan fingerprint density at radius 1 is 0.348 bits per heavy atom. The van der Waals surface area contributed by atoms with Crippen molar-refractivity contribution in [1.82, 2.24) is 0 Å². The minimum atomic E-state index is -4.41. The summed E-state index contributed by atoms with van der Waals surface area (Å²) in [6.45, 7) is 3.62. The van der Waals surface area contributed by atoms with E-state index in [1.807, 2.05) is 0 Å². The lowest BCUT2D eigenvalue weighted by molar-refractivity contribution is -0.161. The van der Waals surface area contributed by atoms with E-state index < -0.39 is 26.5 Å². The second-order valence-electron chi connectivity index (χ2n) is 25.1. The predicted molar refractivity (Wildman–Crippen MR) is 385 cm³/mol. The Morgan fingerprint density at radius 3 is 0.921 bits per heavy atom. The van der Waals surface area contributed by atoms with Gasteiger partial charge in [0, 0.05) is 19.4 Å². The third-order valence-electron chi connectivity index (χ3n) is 16.5. The summed E-state index contributed by atoms with van der Waals surface area (Å²) in [4.78, 5) is 35.3. The number of esters is 2. The summed E-state index contributed by atoms with van der Waals surface area (Å²) >= 11 is 0. The van der Waals surface area contributed by atoms with Gasteiger partial charge in [-0.15, -0.1) is 0 Å². The van der Waals surface area contributed by atoms with E-state index in [4.69, 9.17) is 24.3 Å². The molecule has 2 atom stereocenters. The van der Waals surface area contributed by atoms with Crippen LogP contribution in [0.4, 0.5) is 0 Å². The number of hydrogen-bond donors (Lipinski definition) is 2. The minimum Gasteiger partial charge on any atom is -0.462 e. The van der Waals surface area contributed by atoms with Gasteiger partial charge in [0.05, 0.1) is 13.2 Å². The van der Waals surface area contributed by atoms with Crippen molar-refractivity contribution in [2.45, 2.75) is 367 Å². The fourth-order valence-corrected chi connectivity index (χ4v) is 11.7. The normalized spacial score (nSPS) is 13.4. The molecule has 0 saturated heterocycles. The van der Waals surface area contributed by atoms with Crippen LogP contribution in [0.3, 0.4) is 0 Å². The monoisotopic (exact) mass is 1260 g/mol. The third-order valence-corrected chi connectivity index (χ3v) is 17.5. The molecule has 0 aliphatic rings. The molecule has 0 amide bonds. The molecule has 0 aliphatic heterocycles. The highest BCUT2D eigenvalue weighted by molar-refractivity contribution is 7.47. The number of allylic oxidation sites excluding steroid dienone is 16. The van der Waals surface area contributed by atoms with Crippen LogP contribution in [0.2, 0.25) is 0 Å². The first kappa shape index (κ1) is 85.9. The first-order chi connectivity index (χ1) is 43.8. The Bertz CT molecular complexity index is 1780. The molecule has 0 aromatic carbocycles. The molecule has 3 N–H and O–H groups in total. The van der Waals surface area contributed by atoms with Crippen LogP contribution < -0.4 is 5.73 Å². The number of nitrogens with two attached hydrogens (primary N) is 1. The maximum Gasteiger partial charge on any atom is 0.472 e. The Balaban J connectivity index is 3.83. The molecule has 2 unspecified atom stereocenters. The molecule has 0 aromatic heterocycles. The maximum absolute atomic E-state index is 12.7. The van der Waals surface area contributed by atoms with E-state index in [1.165, 1.54) is 244 Å². The topological polar surface area (TPSA) is 134 Å². The number of phosphoric acid groups is 1. The highest BCUT2D eigenvalue weighted by Crippen LogP contribution is 2.43. The van der Waals surface area contributed by atoms with Gasteiger partial charge in [0.15, 0.2) is 6.10 Å². The van der Waals surface area contributed by atoms with Crippen molar-refractivity contribution in [3.8, 4) is 0 Å². The SMILES string of the molecule is CC/C=C\C/C=C\C/C=C\C/C=C\C/C=C\C/C=C\C/C=C\C/C=C\CCCCC(=O)OC(COC(=O)CCCCCCCCCCCCCCCCCCCCCCCCCCCCCCCCCCCCCCCCCCC)COP(=O)(O)OCCN. The van der Waals surface area contributed by atoms with Crippen LogP contribution in [0.5, 0.6) is 0 Å². The van der Waals surface area contributed by atoms with Crippen LogP contribution in [-0.2, 0) is 32.7 Å². The molecule has 0 spiro atoms. The molecule has 0 rings (SSSR count). The predicted octanol–water partition coefficient (Wildman–Crippen LogP) is 25.1. The summed E-state index contributed by atoms with van der Waals surface area (Å²) < 4.78 is 33.1. The Kier molecular flexibility index (Phi) is 71.4. The zero-order chi connectivity index (χ0) is 64.4. The number of carbonyl (C=O) groups excluding carboxylic acids is 2. The van der Waals surface area contributed by atoms with Gasteiger partial charge < -0.3 is 20.1 Å². The molecule has 10 heteroatoms. The third kappa shape index (κ3) is 73.9. The lowest BCUT2D eigenvalue weighted by Gasteiger charge is -2.19. The average molecular weight is 1260 g/mol. The van der Waals surface area contributed by atoms with E-state index in [2.05, 4.69) is 111 Å². The largest absolute Gasteiger partial charge is 0.472 e. The summed E-state index contributed by atoms with van der Waals surface area (Å²) in [5.74, 6) is -0.872. The van der Waals surface area contributed by atoms with Crippen molar-refractivity contribution in [3.05, 3.63) is 97.2 Å². The van der Waals surface area contributed by atoms with E-state index >= 15 is 0 Å². The van der Waals surface area contributed by atoms with Gasteiger partial charge in [-0.05, 0) is 77.0 Å². The molecule has 0 bridgehead atoms. The fourth-order valence-electron chi connectivity index (χ4n) is 11.0. The van der Waals surface area contributed by atoms with Crippen LogP contribution >= 0.6 is 7.82 Å². The van der Waals surface area contributed by atoms with Crippen molar-refractivity contribution in [2.75, 3.05) is 26.4 Å². The summed E-state index contributed by atoms with van der Waals surface area (Å²) in [6.07, 6.45) is 101. The van der Waals surface area contributed by atoms with E-state index in [9.17, 15) is 19.0 Å². The van der Waals surface area contributed by atoms with Gasteiger partial charge in [0.25, 0.3) is 0 Å². The smallest absolute Gasteiger partial charge is 0.462 e. The fraction of sp³-hybridized carbons (Fsp3) is 0.772. The number of unbranched alkanes of at least 4 members (excludes halogenated alkanes) is 42. The number of ether oxygens (including phenoxy) is 2. The van der Waals surface area contributed by atoms with Crippen LogP contribution in [0.15, 0.2) is 97.2 Å². The molecule has 0 aliphatic carbocycles. The Hall–Kier alpha value is -3.07. The van der Waals surface area contributed by atoms with Gasteiger partial charge >= 0.3 is 19.8 Å². The van der Waals surface area contributed by atoms with Crippen molar-refractivity contribution < 1.29 is 37.6 Å². The van der Waals surface area contributed by atoms with Crippen LogP contribution in [0.25, 0.3) is 0 Å². The lowest BCUT2D eigenvalue weighted by atomic mass is 10.0. The van der Waals surface area contributed by atoms with Gasteiger partial charge in [-0.3, -0.25) is 18.6 Å². The zero-order valence-corrected chi connectivity index (χ0v) is 59.1. The molecular formula is C79H142NO8P. The molecule has 516 valence electrons. The van der Waals surface area contributed by atoms with Crippen LogP contribution in [0, 0.1) is 0 Å². The molecular weight excluding hydrogens is 1120 g/mol. The number of carbonyl (C=O) groups is 2. The highest BCUT2D eigenvalue weighted by Gasteiger charge is 2.26. The second-order valence-corrected chi connectivity index (χ2v) is 26.6. The molecule has 0 heterocycles. The van der Waals surface area contributed by atoms with E-state index in [0.717, 1.165) is 83.5 Å². The molecule has 0 fully saturated rings. The van der Waals surface area contributed by atoms with Crippen molar-refractivity contribution in [3.63, 3.8) is 0 Å². The van der Waals surface area contributed by atoms with Gasteiger partial charge in [-0.25, -0.2) is 4.57 Å². The number of rotatable bonds is 71. The average Bonchev–Trinajstić information content (AvgIpc) is 3.64. The van der Waals surface area contributed by atoms with E-state index in [1.54, 1.807) is 0 Å². The number of hydrogen-bond acceptors (Lipinski definition) is 8. The minimum absolute atomic E-state index is 0.0424. The molecule has 0 saturated carbocycles. The van der Waals surface area contributed by atoms with Gasteiger partial charge in [-0.1, -0.05) is 368 Å². The maximum atomic E-state index is 12.7. The van der Waals surface area contributed by atoms with Crippen molar-refractivity contribution in [2.24, 2.45) is 5.73 Å². The zero-order valence-electron chi connectivity index (χ0n) is 58.2. The molecule has 9 nitrogen and oxygen atoms in total. The summed E-state index contributed by atoms with van der Waals surface area (Å²) in [7, 11) is -4.41. The van der Waals surface area contributed by atoms with Crippen molar-refractivity contribution in [1.29, 1.82) is 0 Å². The van der Waals surface area contributed by atoms with Crippen LogP contribution in [-0.4, -0.2) is 49.3 Å². The van der Waals surface area contributed by atoms with Gasteiger partial charge in [-0.2, -0.15) is 0 Å². The quantitative estimate of drug-likeness (QED) is 0.0264. The molecule has 0 aromatic rings. The van der Waals surface area contributed by atoms with Crippen molar-refractivity contribution >= 4 is 19.8 Å². The standard InChI is InChI=1S/C79H142NO8P/c1-3-5-7-9-11-13-15-17-19-21-23-25-27-29-31-32-33-34-35-36-37-38-39-40-41-42-43-44-46-47-49-51-53-55-57-59-61-63-65-67-69-71-78(81)85-75-77(76-87-89(83,84)86-74-73-80)88-79(82)72-70-68-66-64-62-60-58-56-54-52-50-48-45-30-28-26-24-22-20-18-16-14-12-10-8-6-4-2/h6,8,12,14,18,20,24,26,30,45,50,52,56,58,62,64,77H,3-5,7,9-11,13,15-17,19,21-23,25,27-29,31-44,46-49,51,53-55,57,59-61,63,65-76,80H2,1-2H3,(H,83,84)/b8-6-,14-12-,20-18-,26-24-,45-30-,52-50-,58-56-,64-62-. The van der Waals surface area contributed by atoms with E-state index in [0.29, 0.717) is 6.42 Å². The first-order valence-corrected chi connectivity index (χ1v) is 39.2. The summed E-state index contributed by atoms with van der Waals surface area (Å²) in [6, 6.07) is 0. The van der Waals surface area contributed by atoms with Crippen LogP contribution in [0.1, 0.15) is 361 Å². The highest BCUT2D eigenvalue weighted by atomic mass is 31.2. The second kappa shape index (κ2) is 74.0. The molecule has 89 heavy (non-hydrogen) atoms.